The van der Waals surface area contributed by atoms with Crippen LogP contribution in [0.15, 0.2) is 85.1 Å². The first-order valence-electron chi connectivity index (χ1n) is 8.03. The van der Waals surface area contributed by atoms with Crippen LogP contribution in [-0.2, 0) is 6.42 Å². The Hall–Kier alpha value is -2.67. The first-order valence-corrected chi connectivity index (χ1v) is 8.03. The standard InChI is InChI=1S/C22H21N/c1-18(12-13-19-8-4-2-5-9-19)22-15-14-21(17-23-22)16-20-10-6-3-7-11-20/h2-15,17-18H,16H2,1H3/b13-12+/t18-/m1/s1. The van der Waals surface area contributed by atoms with Crippen molar-refractivity contribution in [3.63, 3.8) is 0 Å². The Kier molecular flexibility index (Phi) is 5.00. The van der Waals surface area contributed by atoms with Crippen molar-refractivity contribution < 1.29 is 0 Å². The number of aromatic nitrogens is 1. The minimum atomic E-state index is 0.306. The van der Waals surface area contributed by atoms with Gasteiger partial charge < -0.3 is 0 Å². The SMILES string of the molecule is C[C@H](/C=C/c1ccccc1)c1ccc(Cc2ccccc2)cn1. The summed E-state index contributed by atoms with van der Waals surface area (Å²) in [6.07, 6.45) is 7.29. The third-order valence-corrected chi connectivity index (χ3v) is 3.94. The lowest BCUT2D eigenvalue weighted by Gasteiger charge is -2.07. The lowest BCUT2D eigenvalue weighted by atomic mass is 10.0. The van der Waals surface area contributed by atoms with E-state index in [-0.39, 0.29) is 0 Å². The third kappa shape index (κ3) is 4.40. The molecule has 3 aromatic rings. The molecule has 23 heavy (non-hydrogen) atoms. The smallest absolute Gasteiger partial charge is 0.0469 e. The molecule has 0 aliphatic carbocycles. The second-order valence-electron chi connectivity index (χ2n) is 5.81. The van der Waals surface area contributed by atoms with Gasteiger partial charge in [0.2, 0.25) is 0 Å². The summed E-state index contributed by atoms with van der Waals surface area (Å²) in [7, 11) is 0. The average molecular weight is 299 g/mol. The van der Waals surface area contributed by atoms with Crippen molar-refractivity contribution in [2.75, 3.05) is 0 Å². The number of benzene rings is 2. The molecule has 0 bridgehead atoms. The van der Waals surface area contributed by atoms with Gasteiger partial charge in [0.25, 0.3) is 0 Å². The van der Waals surface area contributed by atoms with E-state index < -0.39 is 0 Å². The normalized spacial score (nSPS) is 12.4. The second-order valence-corrected chi connectivity index (χ2v) is 5.81. The van der Waals surface area contributed by atoms with Crippen molar-refractivity contribution in [2.45, 2.75) is 19.3 Å². The third-order valence-electron chi connectivity index (χ3n) is 3.94. The first kappa shape index (κ1) is 15.2. The van der Waals surface area contributed by atoms with Crippen LogP contribution in [0.25, 0.3) is 6.08 Å². The molecule has 114 valence electrons. The molecule has 0 saturated carbocycles. The predicted molar refractivity (Wildman–Crippen MR) is 97.4 cm³/mol. The van der Waals surface area contributed by atoms with E-state index in [2.05, 4.69) is 84.7 Å². The largest absolute Gasteiger partial charge is 0.260 e. The summed E-state index contributed by atoms with van der Waals surface area (Å²) in [5.74, 6) is 0.306. The molecule has 0 fully saturated rings. The highest BCUT2D eigenvalue weighted by Gasteiger charge is 2.04. The van der Waals surface area contributed by atoms with E-state index in [0.29, 0.717) is 5.92 Å². The maximum atomic E-state index is 4.64. The number of pyridine rings is 1. The Balaban J connectivity index is 1.66. The van der Waals surface area contributed by atoms with Gasteiger partial charge in [-0.3, -0.25) is 4.98 Å². The Morgan fingerprint density at radius 2 is 1.52 bits per heavy atom. The molecule has 1 atom stereocenters. The van der Waals surface area contributed by atoms with Gasteiger partial charge in [0.1, 0.15) is 0 Å². The molecule has 0 aliphatic rings. The van der Waals surface area contributed by atoms with Crippen LogP contribution in [0.1, 0.15) is 35.2 Å². The van der Waals surface area contributed by atoms with Crippen molar-refractivity contribution in [3.8, 4) is 0 Å². The van der Waals surface area contributed by atoms with Gasteiger partial charge in [-0.2, -0.15) is 0 Å². The van der Waals surface area contributed by atoms with Crippen molar-refractivity contribution in [1.29, 1.82) is 0 Å². The van der Waals surface area contributed by atoms with E-state index in [0.717, 1.165) is 12.1 Å². The molecule has 3 rings (SSSR count). The summed E-state index contributed by atoms with van der Waals surface area (Å²) >= 11 is 0. The second kappa shape index (κ2) is 7.55. The van der Waals surface area contributed by atoms with Crippen LogP contribution < -0.4 is 0 Å². The number of nitrogens with zero attached hydrogens (tertiary/aromatic N) is 1. The molecule has 0 N–H and O–H groups in total. The van der Waals surface area contributed by atoms with E-state index >= 15 is 0 Å². The molecule has 0 amide bonds. The fraction of sp³-hybridized carbons (Fsp3) is 0.136. The van der Waals surface area contributed by atoms with Gasteiger partial charge in [0, 0.05) is 17.8 Å². The van der Waals surface area contributed by atoms with Crippen LogP contribution in [0.4, 0.5) is 0 Å². The van der Waals surface area contributed by atoms with Gasteiger partial charge >= 0.3 is 0 Å². The molecule has 0 aliphatic heterocycles. The van der Waals surface area contributed by atoms with Crippen LogP contribution in [0.2, 0.25) is 0 Å². The van der Waals surface area contributed by atoms with Gasteiger partial charge in [-0.25, -0.2) is 0 Å². The molecular weight excluding hydrogens is 278 g/mol. The van der Waals surface area contributed by atoms with Gasteiger partial charge in [0.15, 0.2) is 0 Å². The zero-order valence-corrected chi connectivity index (χ0v) is 13.4. The van der Waals surface area contributed by atoms with E-state index in [9.17, 15) is 0 Å². The highest BCUT2D eigenvalue weighted by molar-refractivity contribution is 5.50. The van der Waals surface area contributed by atoms with Gasteiger partial charge in [-0.05, 0) is 29.2 Å². The monoisotopic (exact) mass is 299 g/mol. The van der Waals surface area contributed by atoms with Gasteiger partial charge in [-0.1, -0.05) is 85.8 Å². The fourth-order valence-corrected chi connectivity index (χ4v) is 2.56. The summed E-state index contributed by atoms with van der Waals surface area (Å²) in [6.45, 7) is 2.18. The molecule has 2 aromatic carbocycles. The van der Waals surface area contributed by atoms with Crippen LogP contribution in [0, 0.1) is 0 Å². The molecule has 0 saturated heterocycles. The van der Waals surface area contributed by atoms with E-state index in [1.165, 1.54) is 16.7 Å². The molecule has 1 aromatic heterocycles. The van der Waals surface area contributed by atoms with Crippen LogP contribution in [0.3, 0.4) is 0 Å². The summed E-state index contributed by atoms with van der Waals surface area (Å²) in [6, 6.07) is 25.2. The summed E-state index contributed by atoms with van der Waals surface area (Å²) in [5.41, 5.74) is 4.90. The van der Waals surface area contributed by atoms with Crippen molar-refractivity contribution >= 4 is 6.08 Å². The number of rotatable bonds is 5. The molecule has 1 heterocycles. The molecule has 0 unspecified atom stereocenters. The summed E-state index contributed by atoms with van der Waals surface area (Å²) in [5, 5.41) is 0. The lowest BCUT2D eigenvalue weighted by molar-refractivity contribution is 0.904. The quantitative estimate of drug-likeness (QED) is 0.607. The number of hydrogen-bond donors (Lipinski definition) is 0. The topological polar surface area (TPSA) is 12.9 Å². The van der Waals surface area contributed by atoms with Crippen LogP contribution in [-0.4, -0.2) is 4.98 Å². The van der Waals surface area contributed by atoms with Crippen molar-refractivity contribution in [2.24, 2.45) is 0 Å². The molecule has 0 spiro atoms. The first-order chi connectivity index (χ1) is 11.3. The Morgan fingerprint density at radius 1 is 0.826 bits per heavy atom. The molecule has 1 heteroatoms. The molecule has 1 nitrogen and oxygen atoms in total. The Morgan fingerprint density at radius 3 is 2.17 bits per heavy atom. The zero-order valence-electron chi connectivity index (χ0n) is 13.4. The minimum Gasteiger partial charge on any atom is -0.260 e. The van der Waals surface area contributed by atoms with E-state index in [4.69, 9.17) is 0 Å². The lowest BCUT2D eigenvalue weighted by Crippen LogP contribution is -1.96. The van der Waals surface area contributed by atoms with Gasteiger partial charge in [0.05, 0.1) is 0 Å². The Labute approximate surface area is 138 Å². The maximum Gasteiger partial charge on any atom is 0.0469 e. The minimum absolute atomic E-state index is 0.306. The van der Waals surface area contributed by atoms with Crippen molar-refractivity contribution in [3.05, 3.63) is 107 Å². The van der Waals surface area contributed by atoms with E-state index in [1.54, 1.807) is 0 Å². The zero-order chi connectivity index (χ0) is 15.9. The van der Waals surface area contributed by atoms with Crippen molar-refractivity contribution in [1.82, 2.24) is 4.98 Å². The number of allylic oxidation sites excluding steroid dienone is 1. The Bertz CT molecular complexity index is 743. The summed E-state index contributed by atoms with van der Waals surface area (Å²) in [4.78, 5) is 4.64. The van der Waals surface area contributed by atoms with Gasteiger partial charge in [-0.15, -0.1) is 0 Å². The van der Waals surface area contributed by atoms with Crippen LogP contribution in [0.5, 0.6) is 0 Å². The molecule has 0 radical (unpaired) electrons. The highest BCUT2D eigenvalue weighted by Crippen LogP contribution is 2.17. The predicted octanol–water partition coefficient (Wildman–Crippen LogP) is 5.49. The van der Waals surface area contributed by atoms with Crippen LogP contribution >= 0.6 is 0 Å². The highest BCUT2D eigenvalue weighted by atomic mass is 14.7. The maximum absolute atomic E-state index is 4.64. The number of hydrogen-bond acceptors (Lipinski definition) is 1. The van der Waals surface area contributed by atoms with E-state index in [1.807, 2.05) is 18.3 Å². The summed E-state index contributed by atoms with van der Waals surface area (Å²) < 4.78 is 0. The average Bonchev–Trinajstić information content (AvgIpc) is 2.62. The molecular formula is C22H21N. The fourth-order valence-electron chi connectivity index (χ4n) is 2.56.